The van der Waals surface area contributed by atoms with Crippen LogP contribution in [0.3, 0.4) is 0 Å². The van der Waals surface area contributed by atoms with Gasteiger partial charge in [0.15, 0.2) is 5.82 Å². The van der Waals surface area contributed by atoms with Gasteiger partial charge in [-0.05, 0) is 57.0 Å². The molecule has 220 valence electrons. The molecule has 0 aliphatic heterocycles. The molecule has 2 N–H and O–H groups in total. The summed E-state index contributed by atoms with van der Waals surface area (Å²) in [7, 11) is 4.54. The van der Waals surface area contributed by atoms with Gasteiger partial charge in [0.2, 0.25) is 17.7 Å². The summed E-state index contributed by atoms with van der Waals surface area (Å²) in [5, 5.41) is 9.45. The molecule has 3 rings (SSSR count). The van der Waals surface area contributed by atoms with Gasteiger partial charge in [0, 0.05) is 30.5 Å². The van der Waals surface area contributed by atoms with Crippen molar-refractivity contribution in [1.29, 1.82) is 0 Å². The Bertz CT molecular complexity index is 1350. The highest BCUT2D eigenvalue weighted by molar-refractivity contribution is 6.04. The second kappa shape index (κ2) is 13.7. The van der Waals surface area contributed by atoms with E-state index in [-0.39, 0.29) is 18.7 Å². The number of anilines is 2. The lowest BCUT2D eigenvalue weighted by Crippen LogP contribution is -2.50. The molecule has 3 aromatic rings. The first-order valence-electron chi connectivity index (χ1n) is 13.2. The van der Waals surface area contributed by atoms with Crippen molar-refractivity contribution in [3.63, 3.8) is 0 Å². The molecule has 0 saturated carbocycles. The summed E-state index contributed by atoms with van der Waals surface area (Å²) in [6, 6.07) is 12.4. The quantitative estimate of drug-likeness (QED) is 0.301. The third kappa shape index (κ3) is 8.00. The predicted molar refractivity (Wildman–Crippen MR) is 154 cm³/mol. The lowest BCUT2D eigenvalue weighted by molar-refractivity contribution is -0.128. The van der Waals surface area contributed by atoms with Crippen LogP contribution >= 0.6 is 0 Å². The molecule has 1 heterocycles. The fourth-order valence-electron chi connectivity index (χ4n) is 4.07. The summed E-state index contributed by atoms with van der Waals surface area (Å²) in [5.74, 6) is 0.941. The smallest absolute Gasteiger partial charge is 0.248 e. The van der Waals surface area contributed by atoms with E-state index in [9.17, 15) is 14.4 Å². The number of carbonyl (C=O) groups is 3. The van der Waals surface area contributed by atoms with Crippen LogP contribution < -0.4 is 29.7 Å². The van der Waals surface area contributed by atoms with E-state index in [1.54, 1.807) is 62.6 Å². The Morgan fingerprint density at radius 1 is 0.951 bits per heavy atom. The normalized spacial score (nSPS) is 11.8. The van der Waals surface area contributed by atoms with E-state index in [2.05, 4.69) is 15.8 Å². The number of aromatic nitrogens is 1. The van der Waals surface area contributed by atoms with Crippen LogP contribution in [0.5, 0.6) is 17.2 Å². The number of nitrogens with zero attached hydrogens (tertiary/aromatic N) is 2. The molecular formula is C30H38N4O7. The van der Waals surface area contributed by atoms with Crippen molar-refractivity contribution in [2.75, 3.05) is 31.5 Å². The highest BCUT2D eigenvalue weighted by Gasteiger charge is 2.36. The van der Waals surface area contributed by atoms with E-state index in [0.717, 1.165) is 0 Å². The monoisotopic (exact) mass is 566 g/mol. The molecule has 11 nitrogen and oxygen atoms in total. The highest BCUT2D eigenvalue weighted by atomic mass is 16.5. The Labute approximate surface area is 240 Å². The molecule has 0 fully saturated rings. The zero-order valence-corrected chi connectivity index (χ0v) is 24.6. The van der Waals surface area contributed by atoms with Gasteiger partial charge < -0.3 is 29.4 Å². The maximum Gasteiger partial charge on any atom is 0.248 e. The fraction of sp³-hybridized carbons (Fsp3) is 0.400. The van der Waals surface area contributed by atoms with Gasteiger partial charge in [0.05, 0.1) is 27.0 Å². The Hall–Kier alpha value is -4.54. The maximum atomic E-state index is 14.0. The average molecular weight is 567 g/mol. The van der Waals surface area contributed by atoms with Crippen LogP contribution in [0.1, 0.15) is 57.4 Å². The summed E-state index contributed by atoms with van der Waals surface area (Å²) in [6.07, 6.45) is 0.307. The SMILES string of the molecule is CCC(C)(C)NC(=O)[C@@H](c1ccc(OC)cc1)N(C(=O)CCC(=O)Nc1cc(C)on1)c1ccc(OC)cc1OC. The number of hydrogen-bond acceptors (Lipinski definition) is 8. The Morgan fingerprint density at radius 2 is 1.61 bits per heavy atom. The maximum absolute atomic E-state index is 14.0. The van der Waals surface area contributed by atoms with Crippen molar-refractivity contribution in [2.24, 2.45) is 0 Å². The molecule has 0 unspecified atom stereocenters. The first kappa shape index (κ1) is 31.0. The van der Waals surface area contributed by atoms with Gasteiger partial charge in [0.1, 0.15) is 29.1 Å². The predicted octanol–water partition coefficient (Wildman–Crippen LogP) is 4.81. The number of rotatable bonds is 13. The van der Waals surface area contributed by atoms with Gasteiger partial charge in [-0.15, -0.1) is 0 Å². The number of ether oxygens (including phenoxy) is 3. The van der Waals surface area contributed by atoms with Crippen LogP contribution in [0, 0.1) is 6.92 Å². The molecule has 41 heavy (non-hydrogen) atoms. The van der Waals surface area contributed by atoms with E-state index < -0.39 is 29.3 Å². The highest BCUT2D eigenvalue weighted by Crippen LogP contribution is 2.38. The second-order valence-electron chi connectivity index (χ2n) is 10.1. The van der Waals surface area contributed by atoms with Crippen molar-refractivity contribution < 1.29 is 33.1 Å². The van der Waals surface area contributed by atoms with Gasteiger partial charge in [-0.3, -0.25) is 19.3 Å². The van der Waals surface area contributed by atoms with Crippen molar-refractivity contribution in [3.05, 3.63) is 59.9 Å². The lowest BCUT2D eigenvalue weighted by Gasteiger charge is -2.35. The summed E-state index contributed by atoms with van der Waals surface area (Å²) >= 11 is 0. The van der Waals surface area contributed by atoms with E-state index in [0.29, 0.717) is 40.7 Å². The average Bonchev–Trinajstić information content (AvgIpc) is 3.38. The van der Waals surface area contributed by atoms with Crippen LogP contribution in [-0.2, 0) is 14.4 Å². The van der Waals surface area contributed by atoms with E-state index in [4.69, 9.17) is 18.7 Å². The van der Waals surface area contributed by atoms with Gasteiger partial charge in [-0.2, -0.15) is 0 Å². The largest absolute Gasteiger partial charge is 0.497 e. The summed E-state index contributed by atoms with van der Waals surface area (Å²) in [5.41, 5.74) is 0.343. The van der Waals surface area contributed by atoms with Crippen molar-refractivity contribution in [2.45, 2.75) is 58.5 Å². The minimum absolute atomic E-state index is 0.156. The third-order valence-corrected chi connectivity index (χ3v) is 6.66. The van der Waals surface area contributed by atoms with E-state index in [1.165, 1.54) is 19.1 Å². The minimum atomic E-state index is -1.09. The van der Waals surface area contributed by atoms with Gasteiger partial charge >= 0.3 is 0 Å². The molecule has 0 aliphatic rings. The number of nitrogens with one attached hydrogen (secondary N) is 2. The molecule has 3 amide bonds. The first-order valence-corrected chi connectivity index (χ1v) is 13.2. The number of aryl methyl sites for hydroxylation is 1. The number of benzene rings is 2. The van der Waals surface area contributed by atoms with Gasteiger partial charge in [-0.25, -0.2) is 0 Å². The van der Waals surface area contributed by atoms with Crippen LogP contribution in [-0.4, -0.2) is 49.7 Å². The second-order valence-corrected chi connectivity index (χ2v) is 10.1. The van der Waals surface area contributed by atoms with Crippen molar-refractivity contribution >= 4 is 29.2 Å². The van der Waals surface area contributed by atoms with Crippen molar-refractivity contribution in [3.8, 4) is 17.2 Å². The third-order valence-electron chi connectivity index (χ3n) is 6.66. The van der Waals surface area contributed by atoms with Crippen LogP contribution in [0.15, 0.2) is 53.1 Å². The fourth-order valence-corrected chi connectivity index (χ4v) is 4.07. The summed E-state index contributed by atoms with van der Waals surface area (Å²) < 4.78 is 21.3. The molecule has 1 aromatic heterocycles. The molecule has 0 aliphatic carbocycles. The topological polar surface area (TPSA) is 132 Å². The molecule has 0 radical (unpaired) electrons. The van der Waals surface area contributed by atoms with E-state index in [1.807, 2.05) is 20.8 Å². The summed E-state index contributed by atoms with van der Waals surface area (Å²) in [4.78, 5) is 42.1. The Morgan fingerprint density at radius 3 is 2.17 bits per heavy atom. The first-order chi connectivity index (χ1) is 19.5. The molecule has 1 atom stereocenters. The minimum Gasteiger partial charge on any atom is -0.497 e. The van der Waals surface area contributed by atoms with Crippen molar-refractivity contribution in [1.82, 2.24) is 10.5 Å². The molecule has 2 aromatic carbocycles. The standard InChI is InChI=1S/C30H38N4O7/c1-8-30(3,4)32-29(37)28(20-9-11-21(38-5)12-10-20)34(23-14-13-22(39-6)18-24(23)40-7)27(36)16-15-26(35)31-25-17-19(2)41-33-25/h9-14,17-18,28H,8,15-16H2,1-7H3,(H,32,37)(H,31,33,35)/t28-/m1/s1. The van der Waals surface area contributed by atoms with Gasteiger partial charge in [-0.1, -0.05) is 24.2 Å². The number of methoxy groups -OCH3 is 3. The number of hydrogen-bond donors (Lipinski definition) is 2. The van der Waals surface area contributed by atoms with Crippen LogP contribution in [0.4, 0.5) is 11.5 Å². The molecular weight excluding hydrogens is 528 g/mol. The molecule has 0 saturated heterocycles. The Kier molecular flexibility index (Phi) is 10.3. The number of carbonyl (C=O) groups excluding carboxylic acids is 3. The number of amides is 3. The molecule has 0 spiro atoms. The zero-order chi connectivity index (χ0) is 30.2. The molecule has 11 heteroatoms. The lowest BCUT2D eigenvalue weighted by atomic mass is 9.97. The van der Waals surface area contributed by atoms with Crippen LogP contribution in [0.2, 0.25) is 0 Å². The molecule has 0 bridgehead atoms. The van der Waals surface area contributed by atoms with E-state index >= 15 is 0 Å². The van der Waals surface area contributed by atoms with Gasteiger partial charge in [0.25, 0.3) is 0 Å². The zero-order valence-electron chi connectivity index (χ0n) is 24.6. The van der Waals surface area contributed by atoms with Crippen LogP contribution in [0.25, 0.3) is 0 Å². The summed E-state index contributed by atoms with van der Waals surface area (Å²) in [6.45, 7) is 7.49. The Balaban J connectivity index is 2.06.